The molecule has 1 aromatic carbocycles. The van der Waals surface area contributed by atoms with Gasteiger partial charge in [0.1, 0.15) is 0 Å². The van der Waals surface area contributed by atoms with Gasteiger partial charge in [0.05, 0.1) is 0 Å². The third kappa shape index (κ3) is 3.30. The molecule has 0 N–H and O–H groups in total. The van der Waals surface area contributed by atoms with E-state index in [0.717, 1.165) is 25.6 Å². The molecule has 3 nitrogen and oxygen atoms in total. The number of rotatable bonds is 3. The normalized spacial score (nSPS) is 29.7. The van der Waals surface area contributed by atoms with E-state index in [1.807, 2.05) is 6.07 Å². The van der Waals surface area contributed by atoms with Crippen molar-refractivity contribution >= 4 is 5.91 Å². The predicted molar refractivity (Wildman–Crippen MR) is 91.9 cm³/mol. The molecule has 2 heterocycles. The van der Waals surface area contributed by atoms with E-state index in [2.05, 4.69) is 34.1 Å². The summed E-state index contributed by atoms with van der Waals surface area (Å²) in [5.74, 6) is 1.66. The molecule has 2 aliphatic heterocycles. The zero-order valence-corrected chi connectivity index (χ0v) is 14.0. The fraction of sp³-hybridized carbons (Fsp3) is 0.650. The molecule has 1 amide bonds. The molecule has 3 fully saturated rings. The Bertz CT molecular complexity index is 538. The Hall–Kier alpha value is -1.35. The van der Waals surface area contributed by atoms with Crippen LogP contribution in [0.3, 0.4) is 0 Å². The van der Waals surface area contributed by atoms with E-state index in [1.54, 1.807) is 0 Å². The highest BCUT2D eigenvalue weighted by atomic mass is 16.2. The summed E-state index contributed by atoms with van der Waals surface area (Å²) in [4.78, 5) is 17.3. The minimum absolute atomic E-state index is 0.362. The topological polar surface area (TPSA) is 23.6 Å². The van der Waals surface area contributed by atoms with E-state index in [4.69, 9.17) is 0 Å². The van der Waals surface area contributed by atoms with Gasteiger partial charge in [0.2, 0.25) is 5.91 Å². The molecule has 2 atom stereocenters. The van der Waals surface area contributed by atoms with Crippen molar-refractivity contribution in [1.29, 1.82) is 0 Å². The number of fused-ring (bicyclic) bond motifs is 1. The zero-order valence-electron chi connectivity index (χ0n) is 14.0. The van der Waals surface area contributed by atoms with Crippen molar-refractivity contribution in [3.63, 3.8) is 0 Å². The lowest BCUT2D eigenvalue weighted by Crippen LogP contribution is -2.43. The number of nitrogens with zero attached hydrogens (tertiary/aromatic N) is 2. The number of hydrogen-bond donors (Lipinski definition) is 0. The third-order valence-electron chi connectivity index (χ3n) is 6.16. The molecule has 1 aromatic rings. The molecule has 0 aromatic heterocycles. The Kier molecular flexibility index (Phi) is 4.39. The number of carbonyl (C=O) groups is 1. The number of piperidine rings is 1. The summed E-state index contributed by atoms with van der Waals surface area (Å²) in [5.41, 5.74) is 1.25. The van der Waals surface area contributed by atoms with Crippen LogP contribution in [0.4, 0.5) is 0 Å². The average molecular weight is 312 g/mol. The molecule has 0 spiro atoms. The summed E-state index contributed by atoms with van der Waals surface area (Å²) in [6.07, 6.45) is 7.73. The van der Waals surface area contributed by atoms with Gasteiger partial charge in [-0.2, -0.15) is 0 Å². The van der Waals surface area contributed by atoms with Gasteiger partial charge in [0.25, 0.3) is 0 Å². The molecule has 1 saturated carbocycles. The first kappa shape index (κ1) is 15.2. The van der Waals surface area contributed by atoms with Gasteiger partial charge in [-0.1, -0.05) is 49.6 Å². The predicted octanol–water partition coefficient (Wildman–Crippen LogP) is 3.30. The van der Waals surface area contributed by atoms with Crippen molar-refractivity contribution < 1.29 is 4.79 Å². The number of hydrogen-bond acceptors (Lipinski definition) is 2. The molecular formula is C20H28N2O. The van der Waals surface area contributed by atoms with Gasteiger partial charge in [0, 0.05) is 38.6 Å². The van der Waals surface area contributed by atoms with Crippen LogP contribution in [0.2, 0.25) is 0 Å². The second-order valence-electron chi connectivity index (χ2n) is 7.73. The van der Waals surface area contributed by atoms with E-state index < -0.39 is 0 Å². The van der Waals surface area contributed by atoms with Gasteiger partial charge in [-0.25, -0.2) is 0 Å². The minimum Gasteiger partial charge on any atom is -0.338 e. The highest BCUT2D eigenvalue weighted by Crippen LogP contribution is 2.36. The van der Waals surface area contributed by atoms with Crippen LogP contribution < -0.4 is 0 Å². The molecule has 0 unspecified atom stereocenters. The summed E-state index contributed by atoms with van der Waals surface area (Å²) in [6.45, 7) is 4.13. The molecule has 0 radical (unpaired) electrons. The van der Waals surface area contributed by atoms with Gasteiger partial charge in [-0.05, 0) is 30.2 Å². The fourth-order valence-corrected chi connectivity index (χ4v) is 4.85. The van der Waals surface area contributed by atoms with Crippen molar-refractivity contribution in [2.45, 2.75) is 51.1 Å². The third-order valence-corrected chi connectivity index (χ3v) is 6.16. The number of carbonyl (C=O) groups excluding carboxylic acids is 1. The standard InChI is InChI=1S/C20H28N2O/c23-20-11-17-13-21(19-9-5-2-6-10-19)14-18(17)15-22(20)12-16-7-3-1-4-8-16/h1,3-4,7-8,17-19H,2,5-6,9-15H2/t17-,18-/m0/s1. The number of benzene rings is 1. The van der Waals surface area contributed by atoms with Gasteiger partial charge < -0.3 is 4.90 Å². The average Bonchev–Trinajstić information content (AvgIpc) is 3.00. The van der Waals surface area contributed by atoms with Gasteiger partial charge in [-0.3, -0.25) is 9.69 Å². The summed E-state index contributed by atoms with van der Waals surface area (Å²) >= 11 is 0. The smallest absolute Gasteiger partial charge is 0.223 e. The van der Waals surface area contributed by atoms with Crippen LogP contribution in [0.15, 0.2) is 30.3 Å². The van der Waals surface area contributed by atoms with E-state index in [0.29, 0.717) is 17.7 Å². The first-order chi connectivity index (χ1) is 11.3. The van der Waals surface area contributed by atoms with Crippen LogP contribution in [-0.4, -0.2) is 41.4 Å². The summed E-state index contributed by atoms with van der Waals surface area (Å²) < 4.78 is 0. The van der Waals surface area contributed by atoms with Gasteiger partial charge >= 0.3 is 0 Å². The van der Waals surface area contributed by atoms with Crippen LogP contribution in [0, 0.1) is 11.8 Å². The summed E-state index contributed by atoms with van der Waals surface area (Å²) in [5, 5.41) is 0. The van der Waals surface area contributed by atoms with Gasteiger partial charge in [0.15, 0.2) is 0 Å². The quantitative estimate of drug-likeness (QED) is 0.855. The second kappa shape index (κ2) is 6.64. The maximum absolute atomic E-state index is 12.5. The van der Waals surface area contributed by atoms with Crippen LogP contribution >= 0.6 is 0 Å². The van der Waals surface area contributed by atoms with Crippen LogP contribution in [0.5, 0.6) is 0 Å². The minimum atomic E-state index is 0.362. The maximum atomic E-state index is 12.5. The van der Waals surface area contributed by atoms with Crippen LogP contribution in [0.25, 0.3) is 0 Å². The van der Waals surface area contributed by atoms with E-state index >= 15 is 0 Å². The Morgan fingerprint density at radius 1 is 0.913 bits per heavy atom. The largest absolute Gasteiger partial charge is 0.338 e. The molecule has 124 valence electrons. The van der Waals surface area contributed by atoms with Crippen LogP contribution in [-0.2, 0) is 11.3 Å². The number of likely N-dealkylation sites (tertiary alicyclic amines) is 2. The number of amides is 1. The van der Waals surface area contributed by atoms with Crippen molar-refractivity contribution in [3.8, 4) is 0 Å². The fourth-order valence-electron chi connectivity index (χ4n) is 4.85. The lowest BCUT2D eigenvalue weighted by Gasteiger charge is -2.34. The van der Waals surface area contributed by atoms with Crippen molar-refractivity contribution in [2.75, 3.05) is 19.6 Å². The van der Waals surface area contributed by atoms with Gasteiger partial charge in [-0.15, -0.1) is 0 Å². The van der Waals surface area contributed by atoms with E-state index in [9.17, 15) is 4.79 Å². The molecular weight excluding hydrogens is 284 g/mol. The van der Waals surface area contributed by atoms with Crippen molar-refractivity contribution in [2.24, 2.45) is 11.8 Å². The molecule has 2 saturated heterocycles. The molecule has 23 heavy (non-hydrogen) atoms. The highest BCUT2D eigenvalue weighted by molar-refractivity contribution is 5.77. The second-order valence-corrected chi connectivity index (χ2v) is 7.73. The molecule has 3 heteroatoms. The maximum Gasteiger partial charge on any atom is 0.223 e. The molecule has 3 aliphatic rings. The van der Waals surface area contributed by atoms with Crippen LogP contribution in [0.1, 0.15) is 44.1 Å². The lowest BCUT2D eigenvalue weighted by molar-refractivity contribution is -0.136. The Morgan fingerprint density at radius 3 is 2.43 bits per heavy atom. The Balaban J connectivity index is 1.39. The zero-order chi connectivity index (χ0) is 15.6. The van der Waals surface area contributed by atoms with E-state index in [1.165, 1.54) is 50.8 Å². The molecule has 0 bridgehead atoms. The van der Waals surface area contributed by atoms with E-state index in [-0.39, 0.29) is 0 Å². The first-order valence-electron chi connectivity index (χ1n) is 9.35. The lowest BCUT2D eigenvalue weighted by atomic mass is 9.88. The van der Waals surface area contributed by atoms with Crippen molar-refractivity contribution in [1.82, 2.24) is 9.80 Å². The Labute approximate surface area is 139 Å². The monoisotopic (exact) mass is 312 g/mol. The SMILES string of the molecule is O=C1C[C@H]2CN(C3CCCCC3)C[C@H]2CN1Cc1ccccc1. The molecule has 1 aliphatic carbocycles. The highest BCUT2D eigenvalue weighted by Gasteiger charge is 2.42. The summed E-state index contributed by atoms with van der Waals surface area (Å²) in [7, 11) is 0. The Morgan fingerprint density at radius 2 is 1.65 bits per heavy atom. The van der Waals surface area contributed by atoms with Crippen molar-refractivity contribution in [3.05, 3.63) is 35.9 Å². The molecule has 4 rings (SSSR count). The summed E-state index contributed by atoms with van der Waals surface area (Å²) in [6, 6.07) is 11.2. The first-order valence-corrected chi connectivity index (χ1v) is 9.35.